The van der Waals surface area contributed by atoms with Crippen LogP contribution >= 0.6 is 0 Å². The van der Waals surface area contributed by atoms with E-state index in [-0.39, 0.29) is 6.61 Å². The molecule has 9 heteroatoms. The summed E-state index contributed by atoms with van der Waals surface area (Å²) in [5.74, 6) is 2.10. The fourth-order valence-electron chi connectivity index (χ4n) is 4.54. The smallest absolute Gasteiger partial charge is 0.235 e. The molecule has 0 spiro atoms. The molecule has 4 rings (SSSR count). The van der Waals surface area contributed by atoms with Crippen LogP contribution < -0.4 is 14.2 Å². The van der Waals surface area contributed by atoms with Gasteiger partial charge in [0.1, 0.15) is 15.4 Å². The van der Waals surface area contributed by atoms with Crippen LogP contribution in [0.4, 0.5) is 5.69 Å². The van der Waals surface area contributed by atoms with Gasteiger partial charge in [0.05, 0.1) is 31.1 Å². The predicted molar refractivity (Wildman–Crippen MR) is 132 cm³/mol. The molecule has 184 valence electrons. The van der Waals surface area contributed by atoms with E-state index in [0.717, 1.165) is 44.3 Å². The summed E-state index contributed by atoms with van der Waals surface area (Å²) in [4.78, 5) is 7.98. The summed E-state index contributed by atoms with van der Waals surface area (Å²) < 4.78 is 36.3. The van der Waals surface area contributed by atoms with Crippen molar-refractivity contribution in [2.45, 2.75) is 42.4 Å². The standard InChI is InChI=1S/C25H33N3O5S/c1-5-17-6-8-19(9-7-17)34(30)21-16-20(31-2)23(32-3)24(33-4)22(21)26-25(27-34)28-13-10-18(11-14-28)12-15-29/h6-9,16,18,29H,5,10-15H2,1-4H3. The van der Waals surface area contributed by atoms with Crippen molar-refractivity contribution in [3.63, 3.8) is 0 Å². The number of piperidine rings is 1. The maximum atomic E-state index is 14.7. The first-order valence-corrected chi connectivity index (χ1v) is 13.1. The molecule has 0 amide bonds. The summed E-state index contributed by atoms with van der Waals surface area (Å²) in [6, 6.07) is 9.44. The number of methoxy groups -OCH3 is 3. The van der Waals surface area contributed by atoms with Crippen molar-refractivity contribution in [3.8, 4) is 17.2 Å². The quantitative estimate of drug-likeness (QED) is 0.627. The van der Waals surface area contributed by atoms with Gasteiger partial charge in [-0.3, -0.25) is 0 Å². The van der Waals surface area contributed by atoms with Gasteiger partial charge < -0.3 is 24.2 Å². The molecule has 0 bridgehead atoms. The van der Waals surface area contributed by atoms with Crippen LogP contribution in [0.1, 0.15) is 31.7 Å². The molecule has 0 aromatic heterocycles. The molecule has 2 aliphatic heterocycles. The molecule has 2 aromatic carbocycles. The topological polar surface area (TPSA) is 93.0 Å². The number of likely N-dealkylation sites (tertiary alicyclic amines) is 1. The number of benzene rings is 2. The average Bonchev–Trinajstić information content (AvgIpc) is 2.88. The minimum Gasteiger partial charge on any atom is -0.493 e. The number of rotatable bonds is 7. The maximum absolute atomic E-state index is 14.7. The maximum Gasteiger partial charge on any atom is 0.235 e. The number of aliphatic hydroxyl groups is 1. The third-order valence-electron chi connectivity index (χ3n) is 6.57. The number of hydrogen-bond donors (Lipinski definition) is 1. The summed E-state index contributed by atoms with van der Waals surface area (Å²) in [6.07, 6.45) is 3.55. The fraction of sp³-hybridized carbons (Fsp3) is 0.480. The minimum absolute atomic E-state index is 0.198. The molecule has 2 heterocycles. The van der Waals surface area contributed by atoms with Crippen molar-refractivity contribution in [1.29, 1.82) is 0 Å². The molecular formula is C25H33N3O5S. The molecule has 1 fully saturated rings. The Morgan fingerprint density at radius 3 is 2.29 bits per heavy atom. The lowest BCUT2D eigenvalue weighted by atomic mass is 9.94. The highest BCUT2D eigenvalue weighted by atomic mass is 32.2. The number of aryl methyl sites for hydroxylation is 1. The lowest BCUT2D eigenvalue weighted by Crippen LogP contribution is -2.39. The van der Waals surface area contributed by atoms with Crippen molar-refractivity contribution in [3.05, 3.63) is 35.9 Å². The number of nitrogens with zero attached hydrogens (tertiary/aromatic N) is 3. The van der Waals surface area contributed by atoms with Gasteiger partial charge in [-0.1, -0.05) is 19.1 Å². The van der Waals surface area contributed by atoms with Crippen LogP contribution in [-0.2, 0) is 16.1 Å². The van der Waals surface area contributed by atoms with Gasteiger partial charge in [-0.25, -0.2) is 9.20 Å². The SMILES string of the molecule is CCc1ccc(S2(=O)=NC(N3CCC(CCO)CC3)=Nc3c2cc(OC)c(OC)c3OC)cc1. The molecule has 8 nitrogen and oxygen atoms in total. The Bertz CT molecular complexity index is 1180. The second-order valence-electron chi connectivity index (χ2n) is 8.46. The van der Waals surface area contributed by atoms with Crippen LogP contribution in [0, 0.1) is 5.92 Å². The van der Waals surface area contributed by atoms with E-state index in [1.165, 1.54) is 21.3 Å². The number of hydrogen-bond acceptors (Lipinski definition) is 8. The molecule has 0 aliphatic carbocycles. The Morgan fingerprint density at radius 2 is 1.74 bits per heavy atom. The Morgan fingerprint density at radius 1 is 1.06 bits per heavy atom. The number of fused-ring (bicyclic) bond motifs is 1. The first-order valence-electron chi connectivity index (χ1n) is 11.6. The Balaban J connectivity index is 1.90. The predicted octanol–water partition coefficient (Wildman–Crippen LogP) is 4.26. The van der Waals surface area contributed by atoms with E-state index in [1.807, 2.05) is 24.3 Å². The van der Waals surface area contributed by atoms with Crippen LogP contribution in [-0.4, -0.2) is 61.2 Å². The second-order valence-corrected chi connectivity index (χ2v) is 10.6. The molecule has 2 aromatic rings. The lowest BCUT2D eigenvalue weighted by Gasteiger charge is -2.34. The summed E-state index contributed by atoms with van der Waals surface area (Å²) in [5.41, 5.74) is 1.61. The van der Waals surface area contributed by atoms with E-state index < -0.39 is 9.73 Å². The third kappa shape index (κ3) is 4.34. The van der Waals surface area contributed by atoms with Gasteiger partial charge in [-0.15, -0.1) is 0 Å². The van der Waals surface area contributed by atoms with Gasteiger partial charge in [0.15, 0.2) is 11.5 Å². The number of ether oxygens (including phenoxy) is 3. The zero-order valence-corrected chi connectivity index (χ0v) is 21.1. The summed E-state index contributed by atoms with van der Waals surface area (Å²) in [6.45, 7) is 3.76. The van der Waals surface area contributed by atoms with E-state index >= 15 is 0 Å². The van der Waals surface area contributed by atoms with Crippen molar-refractivity contribution >= 4 is 21.4 Å². The van der Waals surface area contributed by atoms with Gasteiger partial charge in [-0.05, 0) is 49.3 Å². The summed E-state index contributed by atoms with van der Waals surface area (Å²) >= 11 is 0. The van der Waals surface area contributed by atoms with Crippen LogP contribution in [0.2, 0.25) is 0 Å². The Hall–Kier alpha value is -2.78. The van der Waals surface area contributed by atoms with Gasteiger partial charge in [0.2, 0.25) is 11.7 Å². The van der Waals surface area contributed by atoms with Gasteiger partial charge in [-0.2, -0.15) is 4.36 Å². The molecule has 34 heavy (non-hydrogen) atoms. The highest BCUT2D eigenvalue weighted by Crippen LogP contribution is 2.51. The molecule has 2 aliphatic rings. The lowest BCUT2D eigenvalue weighted by molar-refractivity contribution is 0.203. The van der Waals surface area contributed by atoms with Gasteiger partial charge >= 0.3 is 0 Å². The molecule has 1 N–H and O–H groups in total. The van der Waals surface area contributed by atoms with Crippen molar-refractivity contribution in [2.75, 3.05) is 41.0 Å². The zero-order chi connectivity index (χ0) is 24.3. The molecular weight excluding hydrogens is 454 g/mol. The average molecular weight is 488 g/mol. The number of guanidine groups is 1. The van der Waals surface area contributed by atoms with Crippen LogP contribution in [0.5, 0.6) is 17.2 Å². The monoisotopic (exact) mass is 487 g/mol. The zero-order valence-electron chi connectivity index (χ0n) is 20.2. The van der Waals surface area contributed by atoms with Crippen molar-refractivity contribution in [1.82, 2.24) is 4.90 Å². The second kappa shape index (κ2) is 10.2. The molecule has 1 unspecified atom stereocenters. The molecule has 1 saturated heterocycles. The third-order valence-corrected chi connectivity index (χ3v) is 8.81. The van der Waals surface area contributed by atoms with E-state index in [9.17, 15) is 9.32 Å². The van der Waals surface area contributed by atoms with Crippen LogP contribution in [0.25, 0.3) is 0 Å². The molecule has 1 atom stereocenters. The van der Waals surface area contributed by atoms with Crippen molar-refractivity contribution in [2.24, 2.45) is 15.3 Å². The van der Waals surface area contributed by atoms with Gasteiger partial charge in [0, 0.05) is 25.8 Å². The minimum atomic E-state index is -3.07. The van der Waals surface area contributed by atoms with Gasteiger partial charge in [0.25, 0.3) is 0 Å². The molecule has 0 saturated carbocycles. The van der Waals surface area contributed by atoms with E-state index in [1.54, 1.807) is 6.07 Å². The van der Waals surface area contributed by atoms with E-state index in [2.05, 4.69) is 11.8 Å². The first-order chi connectivity index (χ1) is 16.5. The number of aliphatic imine (C=N–C) groups is 1. The largest absolute Gasteiger partial charge is 0.493 e. The van der Waals surface area contributed by atoms with E-state index in [0.29, 0.717) is 44.6 Å². The van der Waals surface area contributed by atoms with E-state index in [4.69, 9.17) is 23.6 Å². The number of aliphatic hydroxyl groups excluding tert-OH is 1. The summed E-state index contributed by atoms with van der Waals surface area (Å²) in [5, 5.41) is 9.29. The fourth-order valence-corrected chi connectivity index (χ4v) is 6.56. The Labute approximate surface area is 201 Å². The van der Waals surface area contributed by atoms with Crippen LogP contribution in [0.3, 0.4) is 0 Å². The van der Waals surface area contributed by atoms with Crippen LogP contribution in [0.15, 0.2) is 49.5 Å². The first kappa shape index (κ1) is 24.3. The highest BCUT2D eigenvalue weighted by molar-refractivity contribution is 7.94. The van der Waals surface area contributed by atoms with Crippen molar-refractivity contribution < 1.29 is 23.5 Å². The normalized spacial score (nSPS) is 20.3. The summed E-state index contributed by atoms with van der Waals surface area (Å²) in [7, 11) is 1.54. The Kier molecular flexibility index (Phi) is 7.33. The highest BCUT2D eigenvalue weighted by Gasteiger charge is 2.34. The molecule has 0 radical (unpaired) electrons.